The predicted octanol–water partition coefficient (Wildman–Crippen LogP) is 4.76. The number of hydrogen-bond donors (Lipinski definition) is 1. The van der Waals surface area contributed by atoms with Gasteiger partial charge in [-0.15, -0.1) is 0 Å². The van der Waals surface area contributed by atoms with Gasteiger partial charge in [-0.1, -0.05) is 18.2 Å². The van der Waals surface area contributed by atoms with E-state index in [-0.39, 0.29) is 16.8 Å². The molecule has 0 aliphatic rings. The van der Waals surface area contributed by atoms with Crippen molar-refractivity contribution in [3.8, 4) is 11.3 Å². The van der Waals surface area contributed by atoms with Gasteiger partial charge in [-0.3, -0.25) is 0 Å². The lowest BCUT2D eigenvalue weighted by Gasteiger charge is -2.10. The fraction of sp³-hybridized carbons (Fsp3) is 0.0588. The van der Waals surface area contributed by atoms with Crippen LogP contribution in [-0.2, 0) is 6.18 Å². The molecule has 0 amide bonds. The molecule has 0 radical (unpaired) electrons. The first-order valence-electron chi connectivity index (χ1n) is 6.77. The lowest BCUT2D eigenvalue weighted by molar-refractivity contribution is -0.137. The highest BCUT2D eigenvalue weighted by atomic mass is 19.4. The van der Waals surface area contributed by atoms with Gasteiger partial charge in [0.05, 0.1) is 16.8 Å². The Kier molecular flexibility index (Phi) is 3.71. The van der Waals surface area contributed by atoms with Crippen LogP contribution in [0.3, 0.4) is 0 Å². The lowest BCUT2D eigenvalue weighted by atomic mass is 10.0. The van der Waals surface area contributed by atoms with E-state index in [4.69, 9.17) is 5.11 Å². The Morgan fingerprint density at radius 1 is 1.04 bits per heavy atom. The number of carboxylic acid groups (broad SMARTS) is 1. The molecule has 1 heterocycles. The van der Waals surface area contributed by atoms with Crippen LogP contribution in [-0.4, -0.2) is 16.1 Å². The Labute approximate surface area is 133 Å². The van der Waals surface area contributed by atoms with Crippen LogP contribution in [0.5, 0.6) is 0 Å². The molecule has 3 rings (SSSR count). The molecule has 0 aliphatic carbocycles. The van der Waals surface area contributed by atoms with Gasteiger partial charge in [-0.05, 0) is 30.3 Å². The maximum Gasteiger partial charge on any atom is 0.416 e. The Bertz CT molecular complexity index is 951. The quantitative estimate of drug-likeness (QED) is 0.687. The number of fused-ring (bicyclic) bond motifs is 1. The fourth-order valence-corrected chi connectivity index (χ4v) is 2.38. The summed E-state index contributed by atoms with van der Waals surface area (Å²) in [6.45, 7) is 0. The van der Waals surface area contributed by atoms with E-state index >= 15 is 0 Å². The molecule has 3 aromatic rings. The Balaban J connectivity index is 2.22. The zero-order valence-electron chi connectivity index (χ0n) is 11.9. The number of benzene rings is 2. The van der Waals surface area contributed by atoms with Crippen molar-refractivity contribution in [1.29, 1.82) is 0 Å². The average Bonchev–Trinajstić information content (AvgIpc) is 2.53. The van der Waals surface area contributed by atoms with Crippen LogP contribution in [0, 0.1) is 5.82 Å². The second-order valence-electron chi connectivity index (χ2n) is 5.07. The van der Waals surface area contributed by atoms with Crippen LogP contribution in [0.2, 0.25) is 0 Å². The summed E-state index contributed by atoms with van der Waals surface area (Å²) in [5.41, 5.74) is -1.28. The summed E-state index contributed by atoms with van der Waals surface area (Å²) in [6, 6.07) is 9.81. The van der Waals surface area contributed by atoms with Crippen LogP contribution < -0.4 is 0 Å². The van der Waals surface area contributed by atoms with Gasteiger partial charge in [0.2, 0.25) is 0 Å². The average molecular weight is 335 g/mol. The zero-order valence-corrected chi connectivity index (χ0v) is 11.9. The van der Waals surface area contributed by atoms with Gasteiger partial charge in [-0.25, -0.2) is 14.2 Å². The first-order chi connectivity index (χ1) is 11.3. The van der Waals surface area contributed by atoms with E-state index in [1.54, 1.807) is 0 Å². The van der Waals surface area contributed by atoms with E-state index < -0.39 is 29.1 Å². The summed E-state index contributed by atoms with van der Waals surface area (Å²) in [5, 5.41) is 9.53. The van der Waals surface area contributed by atoms with Gasteiger partial charge >= 0.3 is 12.1 Å². The van der Waals surface area contributed by atoms with Crippen LogP contribution in [0.25, 0.3) is 22.2 Å². The lowest BCUT2D eigenvalue weighted by Crippen LogP contribution is -2.05. The molecule has 122 valence electrons. The number of aromatic nitrogens is 1. The van der Waals surface area contributed by atoms with Gasteiger partial charge in [0.1, 0.15) is 11.4 Å². The van der Waals surface area contributed by atoms with Crippen molar-refractivity contribution in [2.24, 2.45) is 0 Å². The third-order valence-electron chi connectivity index (χ3n) is 3.51. The zero-order chi connectivity index (χ0) is 17.5. The Morgan fingerprint density at radius 2 is 1.75 bits per heavy atom. The van der Waals surface area contributed by atoms with Crippen LogP contribution >= 0.6 is 0 Å². The Hall–Kier alpha value is -2.96. The van der Waals surface area contributed by atoms with Crippen molar-refractivity contribution in [1.82, 2.24) is 4.98 Å². The topological polar surface area (TPSA) is 50.2 Å². The Morgan fingerprint density at radius 3 is 2.42 bits per heavy atom. The summed E-state index contributed by atoms with van der Waals surface area (Å²) in [6.07, 6.45) is -4.51. The largest absolute Gasteiger partial charge is 0.478 e. The van der Waals surface area contributed by atoms with Crippen molar-refractivity contribution in [2.75, 3.05) is 0 Å². The number of aromatic carboxylic acids is 1. The molecule has 2 aromatic carbocycles. The van der Waals surface area contributed by atoms with E-state index in [0.717, 1.165) is 18.2 Å². The van der Waals surface area contributed by atoms with E-state index in [1.807, 2.05) is 0 Å². The summed E-state index contributed by atoms with van der Waals surface area (Å²) >= 11 is 0. The van der Waals surface area contributed by atoms with E-state index in [9.17, 15) is 22.4 Å². The van der Waals surface area contributed by atoms with Crippen LogP contribution in [0.1, 0.15) is 15.9 Å². The molecule has 1 N–H and O–H groups in total. The number of nitrogens with zero attached hydrogens (tertiary/aromatic N) is 1. The molecule has 0 fully saturated rings. The van der Waals surface area contributed by atoms with Crippen molar-refractivity contribution in [3.05, 3.63) is 65.5 Å². The maximum atomic E-state index is 13.8. The van der Waals surface area contributed by atoms with Crippen molar-refractivity contribution < 1.29 is 27.5 Å². The molecule has 0 saturated heterocycles. The molecule has 0 atom stereocenters. The highest BCUT2D eigenvalue weighted by Gasteiger charge is 2.30. The maximum absolute atomic E-state index is 13.8. The highest BCUT2D eigenvalue weighted by Crippen LogP contribution is 2.32. The summed E-state index contributed by atoms with van der Waals surface area (Å²) < 4.78 is 52.2. The molecule has 0 saturated carbocycles. The SMILES string of the molecule is O=C(O)c1c(F)ccc2ccc(-c3cccc(C(F)(F)F)c3)nc12. The van der Waals surface area contributed by atoms with Crippen LogP contribution in [0.4, 0.5) is 17.6 Å². The summed E-state index contributed by atoms with van der Waals surface area (Å²) in [5.74, 6) is -2.45. The third kappa shape index (κ3) is 2.80. The molecule has 24 heavy (non-hydrogen) atoms. The van der Waals surface area contributed by atoms with Gasteiger partial charge < -0.3 is 5.11 Å². The number of halogens is 4. The molecule has 0 spiro atoms. The molecular weight excluding hydrogens is 326 g/mol. The molecule has 1 aromatic heterocycles. The smallest absolute Gasteiger partial charge is 0.416 e. The second kappa shape index (κ2) is 5.59. The number of pyridine rings is 1. The number of carbonyl (C=O) groups is 1. The van der Waals surface area contributed by atoms with E-state index in [0.29, 0.717) is 5.39 Å². The van der Waals surface area contributed by atoms with E-state index in [1.165, 1.54) is 30.3 Å². The standard InChI is InChI=1S/C17H9F4NO2/c18-12-6-4-9-5-7-13(22-15(9)14(12)16(23)24)10-2-1-3-11(8-10)17(19,20)21/h1-8H,(H,23,24). The molecule has 3 nitrogen and oxygen atoms in total. The number of rotatable bonds is 2. The molecular formula is C17H9F4NO2. The normalized spacial score (nSPS) is 11.7. The minimum absolute atomic E-state index is 0.114. The van der Waals surface area contributed by atoms with Crippen LogP contribution in [0.15, 0.2) is 48.5 Å². The first-order valence-corrected chi connectivity index (χ1v) is 6.77. The second-order valence-corrected chi connectivity index (χ2v) is 5.07. The van der Waals surface area contributed by atoms with Crippen molar-refractivity contribution in [2.45, 2.75) is 6.18 Å². The van der Waals surface area contributed by atoms with Gasteiger partial charge in [-0.2, -0.15) is 13.2 Å². The molecule has 0 bridgehead atoms. The van der Waals surface area contributed by atoms with Gasteiger partial charge in [0.15, 0.2) is 0 Å². The number of hydrogen-bond acceptors (Lipinski definition) is 2. The minimum atomic E-state index is -4.51. The number of carboxylic acids is 1. The van der Waals surface area contributed by atoms with E-state index in [2.05, 4.69) is 4.98 Å². The highest BCUT2D eigenvalue weighted by molar-refractivity contribution is 6.02. The van der Waals surface area contributed by atoms with Crippen molar-refractivity contribution >= 4 is 16.9 Å². The first kappa shape index (κ1) is 15.9. The van der Waals surface area contributed by atoms with Gasteiger partial charge in [0.25, 0.3) is 0 Å². The molecule has 0 aliphatic heterocycles. The van der Waals surface area contributed by atoms with Crippen molar-refractivity contribution in [3.63, 3.8) is 0 Å². The monoisotopic (exact) mass is 335 g/mol. The third-order valence-corrected chi connectivity index (χ3v) is 3.51. The fourth-order valence-electron chi connectivity index (χ4n) is 2.38. The summed E-state index contributed by atoms with van der Waals surface area (Å²) in [7, 11) is 0. The van der Waals surface area contributed by atoms with Gasteiger partial charge in [0, 0.05) is 10.9 Å². The molecule has 0 unspecified atom stereocenters. The predicted molar refractivity (Wildman–Crippen MR) is 79.1 cm³/mol. The summed E-state index contributed by atoms with van der Waals surface area (Å²) in [4.78, 5) is 15.3. The molecule has 7 heteroatoms. The number of alkyl halides is 3. The minimum Gasteiger partial charge on any atom is -0.478 e.